The molecule has 0 atom stereocenters. The van der Waals surface area contributed by atoms with Gasteiger partial charge in [0.15, 0.2) is 0 Å². The highest BCUT2D eigenvalue weighted by atomic mass is 79.9. The molecule has 1 aliphatic rings. The van der Waals surface area contributed by atoms with Gasteiger partial charge in [0.2, 0.25) is 0 Å². The SMILES string of the molecule is BrSOc1ccc2c(c1)Cc1ccc(OSBr)cc1-2. The van der Waals surface area contributed by atoms with E-state index < -0.39 is 0 Å². The van der Waals surface area contributed by atoms with Gasteiger partial charge < -0.3 is 8.37 Å². The molecule has 0 bridgehead atoms. The maximum Gasteiger partial charge on any atom is 0.139 e. The van der Waals surface area contributed by atoms with Crippen molar-refractivity contribution >= 4 is 50.6 Å². The van der Waals surface area contributed by atoms with E-state index >= 15 is 0 Å². The van der Waals surface area contributed by atoms with Crippen LogP contribution in [0.2, 0.25) is 0 Å². The molecule has 3 rings (SSSR count). The fraction of sp³-hybridized carbons (Fsp3) is 0.0769. The van der Waals surface area contributed by atoms with Gasteiger partial charge in [0.05, 0.1) is 0 Å². The van der Waals surface area contributed by atoms with Crippen molar-refractivity contribution in [1.82, 2.24) is 0 Å². The summed E-state index contributed by atoms with van der Waals surface area (Å²) in [5.74, 6) is 1.71. The van der Waals surface area contributed by atoms with Gasteiger partial charge in [-0.25, -0.2) is 0 Å². The van der Waals surface area contributed by atoms with Crippen LogP contribution < -0.4 is 8.37 Å². The van der Waals surface area contributed by atoms with Crippen LogP contribution in [0.4, 0.5) is 0 Å². The summed E-state index contributed by atoms with van der Waals surface area (Å²) in [5.41, 5.74) is 5.11. The standard InChI is InChI=1S/C13H8Br2O2S2/c14-18-16-10-3-4-12-9(6-10)5-8-1-2-11(17-19-15)7-13(8)12/h1-4,6-7H,5H2. The predicted molar refractivity (Wildman–Crippen MR) is 89.0 cm³/mol. The average molecular weight is 420 g/mol. The van der Waals surface area contributed by atoms with Gasteiger partial charge in [-0.05, 0) is 52.9 Å². The first-order chi connectivity index (χ1) is 9.31. The van der Waals surface area contributed by atoms with E-state index in [1.165, 1.54) is 43.2 Å². The second-order valence-electron chi connectivity index (χ2n) is 4.11. The van der Waals surface area contributed by atoms with Crippen molar-refractivity contribution < 1.29 is 8.37 Å². The molecule has 0 saturated heterocycles. The first-order valence-electron chi connectivity index (χ1n) is 5.48. The fourth-order valence-corrected chi connectivity index (χ4v) is 3.59. The lowest BCUT2D eigenvalue weighted by atomic mass is 10.1. The van der Waals surface area contributed by atoms with Crippen molar-refractivity contribution in [2.24, 2.45) is 0 Å². The van der Waals surface area contributed by atoms with Gasteiger partial charge in [-0.1, -0.05) is 12.1 Å². The first kappa shape index (κ1) is 13.7. The van der Waals surface area contributed by atoms with E-state index in [0.717, 1.165) is 17.9 Å². The first-order valence-corrected chi connectivity index (χ1v) is 10.7. The maximum atomic E-state index is 5.41. The second-order valence-corrected chi connectivity index (χ2v) is 6.28. The smallest absolute Gasteiger partial charge is 0.139 e. The third kappa shape index (κ3) is 2.77. The van der Waals surface area contributed by atoms with Crippen LogP contribution in [0.1, 0.15) is 11.1 Å². The zero-order valence-corrected chi connectivity index (χ0v) is 14.4. The minimum Gasteiger partial charge on any atom is -0.414 e. The van der Waals surface area contributed by atoms with Gasteiger partial charge in [0, 0.05) is 29.6 Å². The van der Waals surface area contributed by atoms with Gasteiger partial charge in [0.1, 0.15) is 32.5 Å². The van der Waals surface area contributed by atoms with Gasteiger partial charge in [-0.15, -0.1) is 0 Å². The van der Waals surface area contributed by atoms with Crippen molar-refractivity contribution in [1.29, 1.82) is 0 Å². The van der Waals surface area contributed by atoms with E-state index in [1.807, 2.05) is 12.1 Å². The summed E-state index contributed by atoms with van der Waals surface area (Å²) >= 11 is 6.39. The molecule has 0 fully saturated rings. The fourth-order valence-electron chi connectivity index (χ4n) is 2.32. The number of benzene rings is 2. The molecule has 0 aromatic heterocycles. The second kappa shape index (κ2) is 5.99. The summed E-state index contributed by atoms with van der Waals surface area (Å²) in [5, 5.41) is 0. The Balaban J connectivity index is 1.99. The molecular formula is C13H8Br2O2S2. The topological polar surface area (TPSA) is 18.5 Å². The van der Waals surface area contributed by atoms with Crippen molar-refractivity contribution in [3.8, 4) is 22.6 Å². The molecule has 1 aliphatic carbocycles. The molecule has 2 nitrogen and oxygen atoms in total. The van der Waals surface area contributed by atoms with Crippen LogP contribution in [0, 0.1) is 0 Å². The zero-order chi connectivity index (χ0) is 13.2. The van der Waals surface area contributed by atoms with Gasteiger partial charge in [-0.3, -0.25) is 0 Å². The largest absolute Gasteiger partial charge is 0.414 e. The molecule has 19 heavy (non-hydrogen) atoms. The monoisotopic (exact) mass is 418 g/mol. The van der Waals surface area contributed by atoms with E-state index in [1.54, 1.807) is 0 Å². The predicted octanol–water partition coefficient (Wildman–Crippen LogP) is 5.93. The molecular weight excluding hydrogens is 412 g/mol. The molecule has 98 valence electrons. The van der Waals surface area contributed by atoms with E-state index in [0.29, 0.717) is 0 Å². The van der Waals surface area contributed by atoms with Gasteiger partial charge in [-0.2, -0.15) is 0 Å². The van der Waals surface area contributed by atoms with Crippen molar-refractivity contribution in [3.05, 3.63) is 47.5 Å². The minimum absolute atomic E-state index is 0.852. The van der Waals surface area contributed by atoms with E-state index in [-0.39, 0.29) is 0 Å². The number of halogens is 2. The zero-order valence-electron chi connectivity index (χ0n) is 9.56. The lowest BCUT2D eigenvalue weighted by molar-refractivity contribution is 0.656. The van der Waals surface area contributed by atoms with Crippen LogP contribution in [0.5, 0.6) is 11.5 Å². The maximum absolute atomic E-state index is 5.41. The summed E-state index contributed by atoms with van der Waals surface area (Å²) in [6.45, 7) is 0. The molecule has 0 heterocycles. The highest BCUT2D eigenvalue weighted by Gasteiger charge is 2.19. The highest BCUT2D eigenvalue weighted by molar-refractivity contribution is 9.49. The third-order valence-corrected chi connectivity index (χ3v) is 4.39. The van der Waals surface area contributed by atoms with Crippen LogP contribution >= 0.6 is 50.6 Å². The highest BCUT2D eigenvalue weighted by Crippen LogP contribution is 2.41. The molecule has 0 spiro atoms. The Kier molecular flexibility index (Phi) is 4.31. The normalized spacial score (nSPS) is 11.9. The Morgan fingerprint density at radius 2 is 1.47 bits per heavy atom. The van der Waals surface area contributed by atoms with Gasteiger partial charge in [0.25, 0.3) is 0 Å². The number of hydrogen-bond donors (Lipinski definition) is 0. The van der Waals surface area contributed by atoms with Crippen molar-refractivity contribution in [2.45, 2.75) is 6.42 Å². The summed E-state index contributed by atoms with van der Waals surface area (Å²) in [6.07, 6.45) is 0.941. The summed E-state index contributed by atoms with van der Waals surface area (Å²) in [7, 11) is 2.35. The lowest BCUT2D eigenvalue weighted by Crippen LogP contribution is -1.82. The molecule has 0 N–H and O–H groups in total. The van der Waals surface area contributed by atoms with Crippen LogP contribution in [0.3, 0.4) is 0 Å². The molecule has 6 heteroatoms. The Hall–Kier alpha value is -0.300. The van der Waals surface area contributed by atoms with E-state index in [9.17, 15) is 0 Å². The number of fused-ring (bicyclic) bond motifs is 3. The molecule has 2 aromatic rings. The summed E-state index contributed by atoms with van der Waals surface area (Å²) in [6, 6.07) is 12.4. The Labute approximate surface area is 135 Å². The lowest BCUT2D eigenvalue weighted by Gasteiger charge is -2.05. The van der Waals surface area contributed by atoms with E-state index in [4.69, 9.17) is 8.37 Å². The molecule has 0 radical (unpaired) electrons. The molecule has 0 unspecified atom stereocenters. The molecule has 0 amide bonds. The molecule has 0 saturated carbocycles. The Morgan fingerprint density at radius 1 is 0.789 bits per heavy atom. The van der Waals surface area contributed by atoms with Crippen LogP contribution in [-0.2, 0) is 6.42 Å². The van der Waals surface area contributed by atoms with Crippen LogP contribution in [0.15, 0.2) is 36.4 Å². The van der Waals surface area contributed by atoms with Gasteiger partial charge >= 0.3 is 0 Å². The average Bonchev–Trinajstić information content (AvgIpc) is 2.77. The number of hydrogen-bond acceptors (Lipinski definition) is 4. The summed E-state index contributed by atoms with van der Waals surface area (Å²) < 4.78 is 10.8. The van der Waals surface area contributed by atoms with Crippen molar-refractivity contribution in [2.75, 3.05) is 0 Å². The minimum atomic E-state index is 0.852. The number of rotatable bonds is 4. The Bertz CT molecular complexity index is 620. The quantitative estimate of drug-likeness (QED) is 0.487. The van der Waals surface area contributed by atoms with Crippen LogP contribution in [0.25, 0.3) is 11.1 Å². The third-order valence-electron chi connectivity index (χ3n) is 3.08. The molecule has 0 aliphatic heterocycles. The molecule has 2 aromatic carbocycles. The van der Waals surface area contributed by atoms with E-state index in [2.05, 4.69) is 53.9 Å². The van der Waals surface area contributed by atoms with Crippen molar-refractivity contribution in [3.63, 3.8) is 0 Å². The summed E-state index contributed by atoms with van der Waals surface area (Å²) in [4.78, 5) is 0. The van der Waals surface area contributed by atoms with Crippen LogP contribution in [-0.4, -0.2) is 0 Å². The Morgan fingerprint density at radius 3 is 2.21 bits per heavy atom.